The smallest absolute Gasteiger partial charge is 0.308 e. The van der Waals surface area contributed by atoms with E-state index in [1.807, 2.05) is 12.1 Å². The molecule has 1 saturated heterocycles. The van der Waals surface area contributed by atoms with Gasteiger partial charge in [0.15, 0.2) is 0 Å². The van der Waals surface area contributed by atoms with Crippen molar-refractivity contribution in [2.45, 2.75) is 19.8 Å². The fourth-order valence-electron chi connectivity index (χ4n) is 3.37. The quantitative estimate of drug-likeness (QED) is 0.789. The van der Waals surface area contributed by atoms with Crippen molar-refractivity contribution in [2.75, 3.05) is 19.8 Å². The molecule has 8 heteroatoms. The third-order valence-electron chi connectivity index (χ3n) is 4.94. The molecule has 144 valence electrons. The molecule has 2 N–H and O–H groups in total. The summed E-state index contributed by atoms with van der Waals surface area (Å²) in [5.74, 6) is -1.85. The summed E-state index contributed by atoms with van der Waals surface area (Å²) in [6, 6.07) is 7.18. The van der Waals surface area contributed by atoms with Gasteiger partial charge in [-0.1, -0.05) is 17.7 Å². The highest BCUT2D eigenvalue weighted by molar-refractivity contribution is 6.30. The molecule has 2 aromatic rings. The van der Waals surface area contributed by atoms with Crippen LogP contribution in [0.1, 0.15) is 28.9 Å². The van der Waals surface area contributed by atoms with Gasteiger partial charge in [0.1, 0.15) is 0 Å². The van der Waals surface area contributed by atoms with Crippen LogP contribution in [-0.2, 0) is 9.53 Å². The minimum Gasteiger partial charge on any atom is -0.481 e. The molecule has 1 aliphatic heterocycles. The number of benzene rings is 1. The van der Waals surface area contributed by atoms with Crippen molar-refractivity contribution in [3.63, 3.8) is 0 Å². The summed E-state index contributed by atoms with van der Waals surface area (Å²) in [6.07, 6.45) is 2.87. The SMILES string of the molecule is Cc1c(C(=O)NCC(C(=O)O)C2CCOCC2)cnn1-c1cccc(Cl)c1. The molecule has 27 heavy (non-hydrogen) atoms. The Bertz CT molecular complexity index is 830. The highest BCUT2D eigenvalue weighted by Crippen LogP contribution is 2.24. The third kappa shape index (κ3) is 4.48. The van der Waals surface area contributed by atoms with Gasteiger partial charge >= 0.3 is 5.97 Å². The maximum absolute atomic E-state index is 12.6. The number of halogens is 1. The second-order valence-corrected chi connectivity index (χ2v) is 7.08. The molecule has 1 unspecified atom stereocenters. The first-order chi connectivity index (χ1) is 13.0. The van der Waals surface area contributed by atoms with Crippen molar-refractivity contribution in [1.82, 2.24) is 15.1 Å². The molecule has 1 aliphatic rings. The summed E-state index contributed by atoms with van der Waals surface area (Å²) >= 11 is 6.02. The van der Waals surface area contributed by atoms with Gasteiger partial charge in [0, 0.05) is 24.8 Å². The van der Waals surface area contributed by atoms with E-state index in [0.29, 0.717) is 42.3 Å². The lowest BCUT2D eigenvalue weighted by Crippen LogP contribution is -2.39. The Labute approximate surface area is 162 Å². The molecule has 2 heterocycles. The van der Waals surface area contributed by atoms with Crippen LogP contribution in [0, 0.1) is 18.8 Å². The molecule has 1 aromatic heterocycles. The van der Waals surface area contributed by atoms with E-state index in [2.05, 4.69) is 10.4 Å². The highest BCUT2D eigenvalue weighted by atomic mass is 35.5. The van der Waals surface area contributed by atoms with E-state index < -0.39 is 11.9 Å². The number of amides is 1. The Hall–Kier alpha value is -2.38. The Balaban J connectivity index is 1.70. The predicted molar refractivity (Wildman–Crippen MR) is 100 cm³/mol. The summed E-state index contributed by atoms with van der Waals surface area (Å²) in [6.45, 7) is 3.00. The van der Waals surface area contributed by atoms with E-state index in [0.717, 1.165) is 5.69 Å². The number of carboxylic acids is 1. The van der Waals surface area contributed by atoms with Crippen LogP contribution in [0.3, 0.4) is 0 Å². The average Bonchev–Trinajstić information content (AvgIpc) is 3.04. The van der Waals surface area contributed by atoms with E-state index in [4.69, 9.17) is 16.3 Å². The van der Waals surface area contributed by atoms with E-state index in [-0.39, 0.29) is 18.4 Å². The van der Waals surface area contributed by atoms with E-state index in [1.165, 1.54) is 6.20 Å². The first-order valence-corrected chi connectivity index (χ1v) is 9.24. The number of rotatable bonds is 6. The van der Waals surface area contributed by atoms with Gasteiger partial charge in [-0.05, 0) is 43.9 Å². The normalized spacial score (nSPS) is 16.1. The minimum atomic E-state index is -0.895. The number of aromatic nitrogens is 2. The Morgan fingerprint density at radius 3 is 2.81 bits per heavy atom. The number of carboxylic acid groups (broad SMARTS) is 1. The molecular formula is C19H22ClN3O4. The van der Waals surface area contributed by atoms with Crippen molar-refractivity contribution < 1.29 is 19.4 Å². The van der Waals surface area contributed by atoms with Crippen LogP contribution in [0.15, 0.2) is 30.5 Å². The Kier molecular flexibility index (Phi) is 6.13. The summed E-state index contributed by atoms with van der Waals surface area (Å²) in [5, 5.41) is 17.1. The predicted octanol–water partition coefficient (Wildman–Crippen LogP) is 2.69. The number of ether oxygens (including phenoxy) is 1. The second kappa shape index (κ2) is 8.54. The van der Waals surface area contributed by atoms with Gasteiger partial charge in [-0.25, -0.2) is 4.68 Å². The molecule has 1 amide bonds. The lowest BCUT2D eigenvalue weighted by atomic mass is 9.86. The second-order valence-electron chi connectivity index (χ2n) is 6.64. The molecule has 1 aromatic carbocycles. The number of nitrogens with zero attached hydrogens (tertiary/aromatic N) is 2. The Morgan fingerprint density at radius 1 is 1.41 bits per heavy atom. The van der Waals surface area contributed by atoms with Gasteiger partial charge in [0.2, 0.25) is 0 Å². The zero-order valence-electron chi connectivity index (χ0n) is 15.0. The zero-order chi connectivity index (χ0) is 19.4. The summed E-state index contributed by atoms with van der Waals surface area (Å²) < 4.78 is 6.93. The van der Waals surface area contributed by atoms with E-state index >= 15 is 0 Å². The summed E-state index contributed by atoms with van der Waals surface area (Å²) in [7, 11) is 0. The van der Waals surface area contributed by atoms with Crippen LogP contribution in [0.2, 0.25) is 5.02 Å². The third-order valence-corrected chi connectivity index (χ3v) is 5.18. The number of hydrogen-bond donors (Lipinski definition) is 2. The number of nitrogens with one attached hydrogen (secondary N) is 1. The van der Waals surface area contributed by atoms with Crippen LogP contribution in [0.5, 0.6) is 0 Å². The standard InChI is InChI=1S/C19H22ClN3O4/c1-12-16(11-22-23(12)15-4-2-3-14(20)9-15)18(24)21-10-17(19(25)26)13-5-7-27-8-6-13/h2-4,9,11,13,17H,5-8,10H2,1H3,(H,21,24)(H,25,26). The van der Waals surface area contributed by atoms with Crippen molar-refractivity contribution in [1.29, 1.82) is 0 Å². The molecule has 0 aliphatic carbocycles. The van der Waals surface area contributed by atoms with Gasteiger partial charge in [0.05, 0.1) is 29.1 Å². The van der Waals surface area contributed by atoms with Gasteiger partial charge in [-0.2, -0.15) is 5.10 Å². The molecule has 7 nitrogen and oxygen atoms in total. The highest BCUT2D eigenvalue weighted by Gasteiger charge is 2.30. The molecular weight excluding hydrogens is 370 g/mol. The monoisotopic (exact) mass is 391 g/mol. The lowest BCUT2D eigenvalue weighted by Gasteiger charge is -2.27. The minimum absolute atomic E-state index is 0.00632. The van der Waals surface area contributed by atoms with Crippen molar-refractivity contribution in [2.24, 2.45) is 11.8 Å². The van der Waals surface area contributed by atoms with Gasteiger partial charge in [-0.3, -0.25) is 9.59 Å². The van der Waals surface area contributed by atoms with Gasteiger partial charge in [-0.15, -0.1) is 0 Å². The molecule has 3 rings (SSSR count). The first kappa shape index (κ1) is 19.4. The van der Waals surface area contributed by atoms with Crippen molar-refractivity contribution in [3.05, 3.63) is 46.7 Å². The molecule has 0 spiro atoms. The molecule has 1 atom stereocenters. The Morgan fingerprint density at radius 2 is 2.15 bits per heavy atom. The van der Waals surface area contributed by atoms with Crippen LogP contribution in [-0.4, -0.2) is 46.5 Å². The van der Waals surface area contributed by atoms with E-state index in [1.54, 1.807) is 23.7 Å². The van der Waals surface area contributed by atoms with Crippen LogP contribution in [0.4, 0.5) is 0 Å². The van der Waals surface area contributed by atoms with Crippen molar-refractivity contribution in [3.8, 4) is 5.69 Å². The average molecular weight is 392 g/mol. The zero-order valence-corrected chi connectivity index (χ0v) is 15.8. The summed E-state index contributed by atoms with van der Waals surface area (Å²) in [4.78, 5) is 24.2. The van der Waals surface area contributed by atoms with Crippen LogP contribution < -0.4 is 5.32 Å². The van der Waals surface area contributed by atoms with E-state index in [9.17, 15) is 14.7 Å². The first-order valence-electron chi connectivity index (χ1n) is 8.86. The largest absolute Gasteiger partial charge is 0.481 e. The number of carbonyl (C=O) groups excluding carboxylic acids is 1. The van der Waals surface area contributed by atoms with Crippen LogP contribution >= 0.6 is 11.6 Å². The topological polar surface area (TPSA) is 93.5 Å². The molecule has 0 radical (unpaired) electrons. The van der Waals surface area contributed by atoms with Gasteiger partial charge in [0.25, 0.3) is 5.91 Å². The van der Waals surface area contributed by atoms with Crippen LogP contribution in [0.25, 0.3) is 5.69 Å². The lowest BCUT2D eigenvalue weighted by molar-refractivity contribution is -0.144. The number of aliphatic carboxylic acids is 1. The van der Waals surface area contributed by atoms with Gasteiger partial charge < -0.3 is 15.2 Å². The molecule has 0 saturated carbocycles. The number of carbonyl (C=O) groups is 2. The fourth-order valence-corrected chi connectivity index (χ4v) is 3.56. The summed E-state index contributed by atoms with van der Waals surface area (Å²) in [5.41, 5.74) is 1.82. The van der Waals surface area contributed by atoms with Crippen molar-refractivity contribution >= 4 is 23.5 Å². The number of hydrogen-bond acceptors (Lipinski definition) is 4. The molecule has 0 bridgehead atoms. The molecule has 1 fully saturated rings. The fraction of sp³-hybridized carbons (Fsp3) is 0.421. The maximum Gasteiger partial charge on any atom is 0.308 e. The maximum atomic E-state index is 12.6.